The Kier molecular flexibility index (Phi) is 8.49. The summed E-state index contributed by atoms with van der Waals surface area (Å²) in [5.74, 6) is -0.168. The van der Waals surface area contributed by atoms with Crippen LogP contribution in [-0.2, 0) is 16.0 Å². The maximum Gasteiger partial charge on any atom is 0.269 e. The third kappa shape index (κ3) is 5.47. The van der Waals surface area contributed by atoms with Gasteiger partial charge in [-0.2, -0.15) is 0 Å². The van der Waals surface area contributed by atoms with Crippen LogP contribution in [0.2, 0.25) is 0 Å². The second kappa shape index (κ2) is 12.2. The van der Waals surface area contributed by atoms with Crippen molar-refractivity contribution in [2.75, 3.05) is 32.7 Å². The maximum absolute atomic E-state index is 13.9. The van der Waals surface area contributed by atoms with E-state index < -0.39 is 17.0 Å². The minimum absolute atomic E-state index is 0.0280. The first-order valence-corrected chi connectivity index (χ1v) is 14.6. The van der Waals surface area contributed by atoms with Crippen molar-refractivity contribution in [1.29, 1.82) is 0 Å². The summed E-state index contributed by atoms with van der Waals surface area (Å²) in [6.07, 6.45) is 5.88. The molecule has 2 aliphatic heterocycles. The summed E-state index contributed by atoms with van der Waals surface area (Å²) in [5, 5.41) is 12.6. The zero-order valence-corrected chi connectivity index (χ0v) is 23.5. The van der Waals surface area contributed by atoms with Gasteiger partial charge in [0.1, 0.15) is 6.04 Å². The van der Waals surface area contributed by atoms with Crippen molar-refractivity contribution in [3.8, 4) is 0 Å². The molecule has 0 unspecified atom stereocenters. The Bertz CT molecular complexity index is 1380. The molecule has 0 aliphatic carbocycles. The highest BCUT2D eigenvalue weighted by molar-refractivity contribution is 5.97. The van der Waals surface area contributed by atoms with Crippen LogP contribution in [0.25, 0.3) is 10.9 Å². The molecule has 3 aromatic rings. The van der Waals surface area contributed by atoms with Gasteiger partial charge in [-0.1, -0.05) is 57.0 Å². The number of nitrogens with zero attached hydrogens (tertiary/aromatic N) is 4. The van der Waals surface area contributed by atoms with E-state index in [0.717, 1.165) is 73.9 Å². The summed E-state index contributed by atoms with van der Waals surface area (Å²) in [6, 6.07) is 13.1. The summed E-state index contributed by atoms with van der Waals surface area (Å²) in [6.45, 7) is 8.02. The van der Waals surface area contributed by atoms with Crippen molar-refractivity contribution in [2.45, 2.75) is 64.5 Å². The highest BCUT2D eigenvalue weighted by Crippen LogP contribution is 2.43. The van der Waals surface area contributed by atoms with E-state index in [0.29, 0.717) is 18.5 Å². The Morgan fingerprint density at radius 2 is 1.73 bits per heavy atom. The molecule has 1 aromatic heterocycles. The van der Waals surface area contributed by atoms with Crippen LogP contribution >= 0.6 is 0 Å². The van der Waals surface area contributed by atoms with Crippen LogP contribution in [0.1, 0.15) is 68.8 Å². The molecule has 3 heterocycles. The average Bonchev–Trinajstić information content (AvgIpc) is 3.34. The van der Waals surface area contributed by atoms with Gasteiger partial charge < -0.3 is 19.7 Å². The molecular formula is C31H39N5O4. The molecule has 212 valence electrons. The number of amides is 2. The Morgan fingerprint density at radius 3 is 2.45 bits per heavy atom. The van der Waals surface area contributed by atoms with Gasteiger partial charge in [-0.05, 0) is 56.1 Å². The number of hydrogen-bond acceptors (Lipinski definition) is 5. The molecule has 0 radical (unpaired) electrons. The summed E-state index contributed by atoms with van der Waals surface area (Å²) >= 11 is 0. The molecule has 2 atom stereocenters. The number of aromatic amines is 1. The number of aromatic nitrogens is 1. The highest BCUT2D eigenvalue weighted by Gasteiger charge is 2.48. The molecule has 40 heavy (non-hydrogen) atoms. The number of nitro groups is 1. The number of para-hydroxylation sites is 1. The topological polar surface area (TPSA) is 103 Å². The largest absolute Gasteiger partial charge is 0.356 e. The van der Waals surface area contributed by atoms with Crippen molar-refractivity contribution >= 4 is 28.4 Å². The summed E-state index contributed by atoms with van der Waals surface area (Å²) in [5.41, 5.74) is 3.35. The van der Waals surface area contributed by atoms with Crippen LogP contribution in [0.4, 0.5) is 5.69 Å². The maximum atomic E-state index is 13.9. The first-order chi connectivity index (χ1) is 19.4. The van der Waals surface area contributed by atoms with E-state index in [9.17, 15) is 19.7 Å². The van der Waals surface area contributed by atoms with Crippen LogP contribution < -0.4 is 0 Å². The SMILES string of the molecule is CCCCN(CCCC)CCCN1CC(=O)N2[C@H](c3cccc([N+](=O)[O-])c3)c3[nH]c4ccccc4c3C[C@H]2C1=O. The normalized spacial score (nSPS) is 18.9. The van der Waals surface area contributed by atoms with E-state index in [1.165, 1.54) is 12.1 Å². The lowest BCUT2D eigenvalue weighted by Gasteiger charge is -2.47. The van der Waals surface area contributed by atoms with E-state index >= 15 is 0 Å². The second-order valence-electron chi connectivity index (χ2n) is 11.0. The lowest BCUT2D eigenvalue weighted by molar-refractivity contribution is -0.384. The van der Waals surface area contributed by atoms with Crippen molar-refractivity contribution in [3.05, 3.63) is 75.5 Å². The van der Waals surface area contributed by atoms with Gasteiger partial charge in [0, 0.05) is 41.7 Å². The number of H-pyrrole nitrogens is 1. The number of piperazine rings is 1. The standard InChI is InChI=1S/C31H39N5O4/c1-3-5-15-33(16-6-4-2)17-10-18-34-21-28(37)35-27(31(34)38)20-25-24-13-7-8-14-26(24)32-29(25)30(35)22-11-9-12-23(19-22)36(39)40/h7-9,11-14,19,27,30,32H,3-6,10,15-18,20-21H2,1-2H3/t27-,30+/m0/s1. The molecule has 2 aromatic carbocycles. The molecule has 0 spiro atoms. The molecule has 1 saturated heterocycles. The molecule has 0 bridgehead atoms. The molecule has 9 heteroatoms. The lowest BCUT2D eigenvalue weighted by Crippen LogP contribution is -2.63. The van der Waals surface area contributed by atoms with Gasteiger partial charge in [-0.25, -0.2) is 0 Å². The first-order valence-electron chi connectivity index (χ1n) is 14.6. The minimum Gasteiger partial charge on any atom is -0.356 e. The van der Waals surface area contributed by atoms with Crippen molar-refractivity contribution in [3.63, 3.8) is 0 Å². The number of nitro benzene ring substituents is 1. The van der Waals surface area contributed by atoms with Crippen molar-refractivity contribution in [1.82, 2.24) is 19.7 Å². The number of carbonyl (C=O) groups excluding carboxylic acids is 2. The minimum atomic E-state index is -0.645. The van der Waals surface area contributed by atoms with Gasteiger partial charge >= 0.3 is 0 Å². The van der Waals surface area contributed by atoms with Crippen LogP contribution in [0, 0.1) is 10.1 Å². The first kappa shape index (κ1) is 27.8. The summed E-state index contributed by atoms with van der Waals surface area (Å²) in [4.78, 5) is 48.2. The number of non-ortho nitro benzene ring substituents is 1. The molecule has 1 fully saturated rings. The number of unbranched alkanes of at least 4 members (excludes halogenated alkanes) is 2. The third-order valence-electron chi connectivity index (χ3n) is 8.30. The van der Waals surface area contributed by atoms with Crippen molar-refractivity contribution < 1.29 is 14.5 Å². The number of benzene rings is 2. The molecular weight excluding hydrogens is 506 g/mol. The third-order valence-corrected chi connectivity index (χ3v) is 8.30. The number of rotatable bonds is 12. The summed E-state index contributed by atoms with van der Waals surface area (Å²) < 4.78 is 0. The van der Waals surface area contributed by atoms with Gasteiger partial charge in [0.15, 0.2) is 0 Å². The predicted octanol–water partition coefficient (Wildman–Crippen LogP) is 5.05. The lowest BCUT2D eigenvalue weighted by atomic mass is 9.86. The number of carbonyl (C=O) groups is 2. The van der Waals surface area contributed by atoms with Crippen LogP contribution in [0.3, 0.4) is 0 Å². The molecule has 1 N–H and O–H groups in total. The second-order valence-corrected chi connectivity index (χ2v) is 11.0. The highest BCUT2D eigenvalue weighted by atomic mass is 16.6. The molecule has 2 aliphatic rings. The number of hydrogen-bond donors (Lipinski definition) is 1. The predicted molar refractivity (Wildman–Crippen MR) is 155 cm³/mol. The fourth-order valence-electron chi connectivity index (χ4n) is 6.25. The van der Waals surface area contributed by atoms with E-state index in [1.807, 2.05) is 24.3 Å². The Morgan fingerprint density at radius 1 is 1.00 bits per heavy atom. The fourth-order valence-corrected chi connectivity index (χ4v) is 6.25. The van der Waals surface area contributed by atoms with E-state index in [2.05, 4.69) is 23.7 Å². The fraction of sp³-hybridized carbons (Fsp3) is 0.484. The smallest absolute Gasteiger partial charge is 0.269 e. The van der Waals surface area contributed by atoms with Gasteiger partial charge in [-0.3, -0.25) is 19.7 Å². The Balaban J connectivity index is 1.43. The summed E-state index contributed by atoms with van der Waals surface area (Å²) in [7, 11) is 0. The monoisotopic (exact) mass is 545 g/mol. The molecule has 9 nitrogen and oxygen atoms in total. The quantitative estimate of drug-likeness (QED) is 0.253. The molecule has 0 saturated carbocycles. The van der Waals surface area contributed by atoms with Gasteiger partial charge in [-0.15, -0.1) is 0 Å². The van der Waals surface area contributed by atoms with Crippen LogP contribution in [0.15, 0.2) is 48.5 Å². The van der Waals surface area contributed by atoms with E-state index in [4.69, 9.17) is 0 Å². The van der Waals surface area contributed by atoms with Gasteiger partial charge in [0.25, 0.3) is 5.69 Å². The van der Waals surface area contributed by atoms with Crippen molar-refractivity contribution in [2.24, 2.45) is 0 Å². The van der Waals surface area contributed by atoms with Crippen LogP contribution in [-0.4, -0.2) is 75.2 Å². The zero-order chi connectivity index (χ0) is 28.2. The van der Waals surface area contributed by atoms with E-state index in [-0.39, 0.29) is 24.0 Å². The number of nitrogens with one attached hydrogen (secondary N) is 1. The van der Waals surface area contributed by atoms with E-state index in [1.54, 1.807) is 21.9 Å². The van der Waals surface area contributed by atoms with Crippen LogP contribution in [0.5, 0.6) is 0 Å². The van der Waals surface area contributed by atoms with Gasteiger partial charge in [0.2, 0.25) is 11.8 Å². The Labute approximate surface area is 235 Å². The average molecular weight is 546 g/mol. The Hall–Kier alpha value is -3.72. The van der Waals surface area contributed by atoms with Gasteiger partial charge in [0.05, 0.1) is 17.5 Å². The zero-order valence-electron chi connectivity index (χ0n) is 23.5. The molecule has 5 rings (SSSR count). The molecule has 2 amide bonds. The number of fused-ring (bicyclic) bond motifs is 4.